The van der Waals surface area contributed by atoms with E-state index < -0.39 is 48.1 Å². The lowest BCUT2D eigenvalue weighted by atomic mass is 9.94. The summed E-state index contributed by atoms with van der Waals surface area (Å²) in [6, 6.07) is 5.27. The molecule has 0 aliphatic rings. The van der Waals surface area contributed by atoms with E-state index in [1.165, 1.54) is 7.11 Å². The fourth-order valence-corrected chi connectivity index (χ4v) is 4.23. The van der Waals surface area contributed by atoms with Crippen molar-refractivity contribution in [3.05, 3.63) is 58.4 Å². The minimum Gasteiger partial charge on any atom is -0.467 e. The summed E-state index contributed by atoms with van der Waals surface area (Å²) in [5.41, 5.74) is 1.38. The fourth-order valence-electron chi connectivity index (χ4n) is 2.73. The number of hydrogen-bond acceptors (Lipinski definition) is 2. The van der Waals surface area contributed by atoms with Gasteiger partial charge in [-0.05, 0) is 18.9 Å². The second-order valence-corrected chi connectivity index (χ2v) is 8.11. The highest BCUT2D eigenvalue weighted by Crippen LogP contribution is 2.49. The summed E-state index contributed by atoms with van der Waals surface area (Å²) in [5.74, 6) is -9.14. The van der Waals surface area contributed by atoms with Gasteiger partial charge in [0.05, 0.1) is 5.30 Å². The molecule has 0 fully saturated rings. The average molecular weight is 406 g/mol. The molecule has 0 amide bonds. The van der Waals surface area contributed by atoms with Crippen LogP contribution in [0.5, 0.6) is 5.75 Å². The van der Waals surface area contributed by atoms with Gasteiger partial charge in [-0.1, -0.05) is 40.6 Å². The second-order valence-electron chi connectivity index (χ2n) is 6.26. The van der Waals surface area contributed by atoms with Gasteiger partial charge in [-0.25, -0.2) is 22.0 Å². The van der Waals surface area contributed by atoms with Gasteiger partial charge in [0.2, 0.25) is 5.82 Å². The Hall–Kier alpha value is -1.72. The summed E-state index contributed by atoms with van der Waals surface area (Å²) >= 11 is 0. The molecular formula is C19H20F5O2P. The maximum Gasteiger partial charge on any atom is 0.200 e. The van der Waals surface area contributed by atoms with Gasteiger partial charge in [0, 0.05) is 17.8 Å². The fraction of sp³-hybridized carbons (Fsp3) is 0.368. The number of hydrogen-bond donors (Lipinski definition) is 0. The average Bonchev–Trinajstić information content (AvgIpc) is 2.67. The van der Waals surface area contributed by atoms with Gasteiger partial charge in [0.25, 0.3) is 0 Å². The quantitative estimate of drug-likeness (QED) is 0.204. The van der Waals surface area contributed by atoms with Gasteiger partial charge in [-0.2, -0.15) is 0 Å². The molecule has 8 heteroatoms. The van der Waals surface area contributed by atoms with Crippen molar-refractivity contribution in [1.29, 1.82) is 0 Å². The van der Waals surface area contributed by atoms with E-state index >= 15 is 0 Å². The normalized spacial score (nSPS) is 14.0. The lowest BCUT2D eigenvalue weighted by Crippen LogP contribution is -2.25. The van der Waals surface area contributed by atoms with Crippen molar-refractivity contribution in [3.63, 3.8) is 0 Å². The molecule has 2 aromatic carbocycles. The van der Waals surface area contributed by atoms with Crippen LogP contribution >= 0.6 is 8.58 Å². The van der Waals surface area contributed by atoms with Crippen LogP contribution in [0.4, 0.5) is 22.0 Å². The van der Waals surface area contributed by atoms with E-state index in [9.17, 15) is 22.0 Å². The van der Waals surface area contributed by atoms with Crippen LogP contribution in [0, 0.1) is 36.0 Å². The van der Waals surface area contributed by atoms with E-state index in [-0.39, 0.29) is 6.79 Å². The maximum absolute atomic E-state index is 14.2. The summed E-state index contributed by atoms with van der Waals surface area (Å²) in [7, 11) is 0.745. The van der Waals surface area contributed by atoms with Crippen molar-refractivity contribution in [3.8, 4) is 5.75 Å². The minimum absolute atomic E-state index is 0.0384. The Balaban J connectivity index is 2.59. The van der Waals surface area contributed by atoms with Crippen LogP contribution in [0.25, 0.3) is 0 Å². The van der Waals surface area contributed by atoms with Crippen LogP contribution in [-0.2, 0) is 9.89 Å². The Morgan fingerprint density at radius 1 is 0.963 bits per heavy atom. The van der Waals surface area contributed by atoms with E-state index in [1.807, 2.05) is 0 Å². The minimum atomic E-state index is -2.16. The maximum atomic E-state index is 14.2. The Labute approximate surface area is 156 Å². The molecule has 0 saturated heterocycles. The third-order valence-electron chi connectivity index (χ3n) is 4.45. The third-order valence-corrected chi connectivity index (χ3v) is 6.31. The van der Waals surface area contributed by atoms with E-state index in [2.05, 4.69) is 0 Å². The van der Waals surface area contributed by atoms with Crippen molar-refractivity contribution < 1.29 is 31.4 Å². The first kappa shape index (κ1) is 21.6. The number of rotatable bonds is 7. The molecule has 2 aromatic rings. The predicted octanol–water partition coefficient (Wildman–Crippen LogP) is 5.30. The Morgan fingerprint density at radius 2 is 1.52 bits per heavy atom. The standard InChI is InChI=1S/C19H20F5O2P/c1-5-19(3,11-8-6-7-10(2)17(11)26-9-25-4)27-18-15(23)13(21)12(20)14(22)16(18)24/h6-8,27H,5,9H2,1-4H3. The Bertz CT molecular complexity index is 814. The predicted molar refractivity (Wildman–Crippen MR) is 95.5 cm³/mol. The monoisotopic (exact) mass is 406 g/mol. The van der Waals surface area contributed by atoms with E-state index in [4.69, 9.17) is 9.47 Å². The zero-order valence-electron chi connectivity index (χ0n) is 15.4. The zero-order valence-corrected chi connectivity index (χ0v) is 16.4. The lowest BCUT2D eigenvalue weighted by molar-refractivity contribution is 0.0495. The van der Waals surface area contributed by atoms with Gasteiger partial charge < -0.3 is 9.47 Å². The van der Waals surface area contributed by atoms with Crippen molar-refractivity contribution in [2.24, 2.45) is 0 Å². The summed E-state index contributed by atoms with van der Waals surface area (Å²) in [6.07, 6.45) is 0.387. The van der Waals surface area contributed by atoms with Crippen LogP contribution in [0.3, 0.4) is 0 Å². The largest absolute Gasteiger partial charge is 0.467 e. The highest BCUT2D eigenvalue weighted by Gasteiger charge is 2.34. The van der Waals surface area contributed by atoms with Crippen molar-refractivity contribution in [2.45, 2.75) is 32.3 Å². The summed E-state index contributed by atoms with van der Waals surface area (Å²) in [5, 5.41) is -1.72. The summed E-state index contributed by atoms with van der Waals surface area (Å²) < 4.78 is 79.5. The lowest BCUT2D eigenvalue weighted by Gasteiger charge is -2.32. The van der Waals surface area contributed by atoms with E-state index in [1.54, 1.807) is 39.0 Å². The number of benzene rings is 2. The number of halogens is 5. The molecule has 2 nitrogen and oxygen atoms in total. The first-order chi connectivity index (χ1) is 12.7. The summed E-state index contributed by atoms with van der Waals surface area (Å²) in [6.45, 7) is 5.24. The molecule has 2 atom stereocenters. The highest BCUT2D eigenvalue weighted by molar-refractivity contribution is 7.48. The van der Waals surface area contributed by atoms with Crippen molar-refractivity contribution in [1.82, 2.24) is 0 Å². The van der Waals surface area contributed by atoms with Crippen LogP contribution in [0.2, 0.25) is 0 Å². The van der Waals surface area contributed by atoms with E-state index in [0.29, 0.717) is 17.7 Å². The molecule has 0 radical (unpaired) electrons. The number of methoxy groups -OCH3 is 1. The van der Waals surface area contributed by atoms with Gasteiger partial charge in [0.1, 0.15) is 5.75 Å². The Kier molecular flexibility index (Phi) is 6.82. The van der Waals surface area contributed by atoms with Gasteiger partial charge >= 0.3 is 0 Å². The second kappa shape index (κ2) is 8.53. The molecule has 0 saturated carbocycles. The Morgan fingerprint density at radius 3 is 2.04 bits per heavy atom. The van der Waals surface area contributed by atoms with Crippen LogP contribution in [0.1, 0.15) is 31.4 Å². The van der Waals surface area contributed by atoms with Crippen LogP contribution in [0.15, 0.2) is 18.2 Å². The summed E-state index contributed by atoms with van der Waals surface area (Å²) in [4.78, 5) is 0. The SMILES string of the molecule is CCC(C)(Pc1c(F)c(F)c(F)c(F)c1F)c1cccc(C)c1OCOC. The number of para-hydroxylation sites is 1. The number of ether oxygens (including phenoxy) is 2. The zero-order chi connectivity index (χ0) is 20.4. The molecule has 2 unspecified atom stereocenters. The molecule has 148 valence electrons. The molecule has 0 aliphatic heterocycles. The molecular weight excluding hydrogens is 386 g/mol. The van der Waals surface area contributed by atoms with Crippen molar-refractivity contribution >= 4 is 13.9 Å². The molecule has 0 aromatic heterocycles. The molecule has 0 bridgehead atoms. The van der Waals surface area contributed by atoms with Gasteiger partial charge in [-0.3, -0.25) is 0 Å². The molecule has 0 N–H and O–H groups in total. The first-order valence-corrected chi connectivity index (χ1v) is 9.19. The third kappa shape index (κ3) is 4.09. The van der Waals surface area contributed by atoms with Crippen LogP contribution < -0.4 is 10.0 Å². The topological polar surface area (TPSA) is 18.5 Å². The molecule has 0 aliphatic carbocycles. The van der Waals surface area contributed by atoms with E-state index in [0.717, 1.165) is 5.56 Å². The molecule has 0 heterocycles. The number of aryl methyl sites for hydroxylation is 1. The van der Waals surface area contributed by atoms with Crippen molar-refractivity contribution in [2.75, 3.05) is 13.9 Å². The molecule has 2 rings (SSSR count). The van der Waals surface area contributed by atoms with Crippen LogP contribution in [-0.4, -0.2) is 13.9 Å². The first-order valence-electron chi connectivity index (χ1n) is 8.19. The molecule has 27 heavy (non-hydrogen) atoms. The highest BCUT2D eigenvalue weighted by atomic mass is 31.1. The molecule has 0 spiro atoms. The van der Waals surface area contributed by atoms with Gasteiger partial charge in [-0.15, -0.1) is 0 Å². The smallest absolute Gasteiger partial charge is 0.200 e. The van der Waals surface area contributed by atoms with Gasteiger partial charge in [0.15, 0.2) is 30.1 Å².